The fraction of sp³-hybridized carbons (Fsp3) is 0.698. The zero-order chi connectivity index (χ0) is 39.0. The quantitative estimate of drug-likeness (QED) is 0.160. The van der Waals surface area contributed by atoms with Crippen LogP contribution in [0.1, 0.15) is 99.5 Å². The van der Waals surface area contributed by atoms with Crippen LogP contribution in [0, 0.1) is 23.2 Å². The molecule has 4 aliphatic rings. The minimum Gasteiger partial charge on any atom is -0.457 e. The molecule has 0 aliphatic carbocycles. The highest BCUT2D eigenvalue weighted by molar-refractivity contribution is 6.00. The molecule has 1 aromatic carbocycles. The number of fused-ring (bicyclic) bond motifs is 1. The van der Waals surface area contributed by atoms with Gasteiger partial charge in [0.05, 0.1) is 23.9 Å². The van der Waals surface area contributed by atoms with E-state index in [-0.39, 0.29) is 29.9 Å². The molecule has 1 aromatic rings. The van der Waals surface area contributed by atoms with Gasteiger partial charge >= 0.3 is 12.1 Å². The zero-order valence-corrected chi connectivity index (χ0v) is 33.9. The standard InChI is InChI=1S/C43H64N2O8/c1-13-34-43(9)37-30(6)41(7,22-21-32(45(37)40(48)53-43)20-19-31-17-15-14-16-18-31)26(2)25-42(8,49-12)38(28(4)36(46)29(5)39(47)51-34)52-35-24-33(44(10)11)23-27(3)50-35/h14-20,26-29,32-35,37-38H,6,13,21-25H2,1-5,7-12H3/b20-19+/t26-,27-,28+,29?,32?,33?,34-,35?,37?,38-,41+,42-,43-/m1/s1. The van der Waals surface area contributed by atoms with Crippen LogP contribution in [0.3, 0.4) is 0 Å². The molecule has 0 spiro atoms. The summed E-state index contributed by atoms with van der Waals surface area (Å²) in [5.41, 5.74) is -0.863. The van der Waals surface area contributed by atoms with E-state index in [4.69, 9.17) is 30.3 Å². The molecule has 53 heavy (non-hydrogen) atoms. The summed E-state index contributed by atoms with van der Waals surface area (Å²) < 4.78 is 32.3. The molecule has 0 aromatic heterocycles. The molecule has 294 valence electrons. The van der Waals surface area contributed by atoms with E-state index < -0.39 is 65.1 Å². The summed E-state index contributed by atoms with van der Waals surface area (Å²) in [6.07, 6.45) is 5.27. The molecule has 0 saturated carbocycles. The lowest BCUT2D eigenvalue weighted by atomic mass is 9.62. The summed E-state index contributed by atoms with van der Waals surface area (Å²) in [5.74, 6) is -2.85. The first kappa shape index (κ1) is 41.1. The van der Waals surface area contributed by atoms with Crippen LogP contribution in [0.2, 0.25) is 0 Å². The van der Waals surface area contributed by atoms with Crippen LogP contribution in [0.15, 0.2) is 48.6 Å². The van der Waals surface area contributed by atoms with Gasteiger partial charge in [0.15, 0.2) is 17.7 Å². The first-order chi connectivity index (χ1) is 24.9. The van der Waals surface area contributed by atoms with Gasteiger partial charge in [-0.25, -0.2) is 4.79 Å². The number of cyclic esters (lactones) is 1. The van der Waals surface area contributed by atoms with E-state index >= 15 is 0 Å². The fourth-order valence-corrected chi connectivity index (χ4v) is 9.55. The van der Waals surface area contributed by atoms with Crippen LogP contribution in [-0.2, 0) is 33.3 Å². The van der Waals surface area contributed by atoms with Crippen molar-refractivity contribution in [3.63, 3.8) is 0 Å². The number of rotatable bonds is 7. The number of Topliss-reactive ketones (excluding diaryl/α,β-unsaturated/α-hetero) is 1. The van der Waals surface area contributed by atoms with Crippen LogP contribution >= 0.6 is 0 Å². The topological polar surface area (TPSA) is 104 Å². The molecule has 5 unspecified atom stereocenters. The first-order valence-corrected chi connectivity index (χ1v) is 19.6. The summed E-state index contributed by atoms with van der Waals surface area (Å²) in [7, 11) is 5.78. The lowest BCUT2D eigenvalue weighted by molar-refractivity contribution is -0.263. The largest absolute Gasteiger partial charge is 0.457 e. The van der Waals surface area contributed by atoms with Gasteiger partial charge < -0.3 is 28.6 Å². The number of benzene rings is 1. The number of amides is 1. The number of nitrogens with zero attached hydrogens (tertiary/aromatic N) is 2. The van der Waals surface area contributed by atoms with E-state index in [1.807, 2.05) is 75.9 Å². The third-order valence-corrected chi connectivity index (χ3v) is 13.3. The number of methoxy groups -OCH3 is 1. The average Bonchev–Trinajstić information content (AvgIpc) is 3.33. The maximum atomic E-state index is 14.4. The van der Waals surface area contributed by atoms with Crippen molar-refractivity contribution in [2.75, 3.05) is 21.2 Å². The predicted molar refractivity (Wildman–Crippen MR) is 205 cm³/mol. The second-order valence-electron chi connectivity index (χ2n) is 17.1. The molecule has 0 radical (unpaired) electrons. The predicted octanol–water partition coefficient (Wildman–Crippen LogP) is 7.45. The number of esters is 1. The van der Waals surface area contributed by atoms with Gasteiger partial charge in [-0.05, 0) is 96.4 Å². The summed E-state index contributed by atoms with van der Waals surface area (Å²) in [4.78, 5) is 46.5. The van der Waals surface area contributed by atoms with Gasteiger partial charge in [-0.2, -0.15) is 0 Å². The number of hydrogen-bond donors (Lipinski definition) is 0. The Hall–Kier alpha value is -3.05. The number of carbonyl (C=O) groups excluding carboxylic acids is 3. The summed E-state index contributed by atoms with van der Waals surface area (Å²) in [6.45, 7) is 20.4. The van der Waals surface area contributed by atoms with Crippen LogP contribution in [0.4, 0.5) is 4.79 Å². The molecule has 4 aliphatic heterocycles. The van der Waals surface area contributed by atoms with E-state index in [2.05, 4.69) is 38.9 Å². The Bertz CT molecular complexity index is 1530. The van der Waals surface area contributed by atoms with Crippen molar-refractivity contribution >= 4 is 23.9 Å². The second-order valence-corrected chi connectivity index (χ2v) is 17.1. The Kier molecular flexibility index (Phi) is 12.4. The molecule has 10 heteroatoms. The normalized spacial score (nSPS) is 41.6. The van der Waals surface area contributed by atoms with E-state index in [1.165, 1.54) is 0 Å². The number of carbonyl (C=O) groups is 3. The molecule has 4 fully saturated rings. The number of hydrogen-bond acceptors (Lipinski definition) is 9. The highest BCUT2D eigenvalue weighted by Gasteiger charge is 2.63. The summed E-state index contributed by atoms with van der Waals surface area (Å²) >= 11 is 0. The Morgan fingerprint density at radius 1 is 1.04 bits per heavy atom. The van der Waals surface area contributed by atoms with E-state index in [0.29, 0.717) is 25.7 Å². The molecular formula is C43H64N2O8. The van der Waals surface area contributed by atoms with E-state index in [1.54, 1.807) is 14.0 Å². The van der Waals surface area contributed by atoms with Crippen molar-refractivity contribution in [2.45, 2.75) is 148 Å². The maximum Gasteiger partial charge on any atom is 0.411 e. The van der Waals surface area contributed by atoms with Crippen molar-refractivity contribution < 1.29 is 38.1 Å². The average molecular weight is 737 g/mol. The summed E-state index contributed by atoms with van der Waals surface area (Å²) in [6, 6.07) is 9.35. The van der Waals surface area contributed by atoms with Crippen LogP contribution in [0.5, 0.6) is 0 Å². The van der Waals surface area contributed by atoms with Gasteiger partial charge in [0.2, 0.25) is 0 Å². The number of ketones is 1. The lowest BCUT2D eigenvalue weighted by Crippen LogP contribution is -2.58. The molecule has 5 rings (SSSR count). The Morgan fingerprint density at radius 3 is 2.34 bits per heavy atom. The third kappa shape index (κ3) is 7.89. The van der Waals surface area contributed by atoms with Gasteiger partial charge in [-0.1, -0.05) is 76.8 Å². The van der Waals surface area contributed by atoms with Gasteiger partial charge in [0, 0.05) is 25.5 Å². The Labute approximate surface area is 317 Å². The van der Waals surface area contributed by atoms with Gasteiger partial charge in [0.1, 0.15) is 18.1 Å². The highest BCUT2D eigenvalue weighted by atomic mass is 16.7. The van der Waals surface area contributed by atoms with E-state index in [0.717, 1.165) is 24.0 Å². The lowest BCUT2D eigenvalue weighted by Gasteiger charge is -2.49. The van der Waals surface area contributed by atoms with Gasteiger partial charge in [-0.15, -0.1) is 0 Å². The summed E-state index contributed by atoms with van der Waals surface area (Å²) in [5, 5.41) is 0. The molecule has 10 nitrogen and oxygen atoms in total. The fourth-order valence-electron chi connectivity index (χ4n) is 9.55. The number of ether oxygens (including phenoxy) is 5. The molecule has 2 bridgehead atoms. The molecule has 4 heterocycles. The molecular weight excluding hydrogens is 672 g/mol. The van der Waals surface area contributed by atoms with Gasteiger partial charge in [0.25, 0.3) is 0 Å². The van der Waals surface area contributed by atoms with Crippen molar-refractivity contribution in [1.82, 2.24) is 9.80 Å². The van der Waals surface area contributed by atoms with Crippen molar-refractivity contribution in [2.24, 2.45) is 23.2 Å². The molecule has 13 atom stereocenters. The van der Waals surface area contributed by atoms with Gasteiger partial charge in [-0.3, -0.25) is 14.5 Å². The first-order valence-electron chi connectivity index (χ1n) is 19.6. The smallest absolute Gasteiger partial charge is 0.411 e. The Morgan fingerprint density at radius 2 is 1.72 bits per heavy atom. The Balaban J connectivity index is 1.62. The zero-order valence-electron chi connectivity index (χ0n) is 33.9. The van der Waals surface area contributed by atoms with Crippen molar-refractivity contribution in [3.8, 4) is 0 Å². The van der Waals surface area contributed by atoms with Crippen molar-refractivity contribution in [1.29, 1.82) is 0 Å². The van der Waals surface area contributed by atoms with E-state index in [9.17, 15) is 14.4 Å². The minimum absolute atomic E-state index is 0.0380. The minimum atomic E-state index is -1.25. The monoisotopic (exact) mass is 736 g/mol. The highest BCUT2D eigenvalue weighted by Crippen LogP contribution is 2.54. The molecule has 1 amide bonds. The SMILES string of the molecule is C=C1C2N3C(=O)O[C@]2(C)[C@@H](CC)OC(=O)C(C)C(=O)[C@H](C)[C@@H](OC2CC(N(C)C)C[C@@H](C)O2)[C@](C)(OC)C[C@@H](C)[C@]1(C)CCC3/C=C/c1ccccc1. The van der Waals surface area contributed by atoms with Crippen LogP contribution < -0.4 is 0 Å². The van der Waals surface area contributed by atoms with Crippen LogP contribution in [0.25, 0.3) is 6.08 Å². The van der Waals surface area contributed by atoms with Crippen LogP contribution in [-0.4, -0.2) is 103 Å². The van der Waals surface area contributed by atoms with Crippen molar-refractivity contribution in [3.05, 3.63) is 54.1 Å². The maximum absolute atomic E-state index is 14.4. The molecule has 0 N–H and O–H groups in total. The molecule has 4 saturated heterocycles. The third-order valence-electron chi connectivity index (χ3n) is 13.3. The second kappa shape index (κ2) is 16.0.